The van der Waals surface area contributed by atoms with Gasteiger partial charge in [0.25, 0.3) is 11.8 Å². The van der Waals surface area contributed by atoms with Crippen molar-refractivity contribution in [3.05, 3.63) is 61.2 Å². The summed E-state index contributed by atoms with van der Waals surface area (Å²) in [5.74, 6) is 0.504. The van der Waals surface area contributed by atoms with Gasteiger partial charge < -0.3 is 25.6 Å². The van der Waals surface area contributed by atoms with Crippen LogP contribution in [0.5, 0.6) is 0 Å². The van der Waals surface area contributed by atoms with Crippen LogP contribution < -0.4 is 25.8 Å². The highest BCUT2D eigenvalue weighted by molar-refractivity contribution is 6.24. The normalized spacial score (nSPS) is 20.2. The first-order valence-corrected chi connectivity index (χ1v) is 16.3. The predicted molar refractivity (Wildman–Crippen MR) is 177 cm³/mol. The molecule has 256 valence electrons. The number of hydrogen-bond donors (Lipinski definition) is 3. The minimum atomic E-state index is -1.00. The fourth-order valence-electron chi connectivity index (χ4n) is 6.82. The minimum Gasteiger partial charge on any atom is -0.444 e. The summed E-state index contributed by atoms with van der Waals surface area (Å²) in [6, 6.07) is 9.84. The third-order valence-electron chi connectivity index (χ3n) is 9.32. The highest BCUT2D eigenvalue weighted by Crippen LogP contribution is 2.34. The molecule has 0 bridgehead atoms. The van der Waals surface area contributed by atoms with E-state index in [1.165, 1.54) is 4.90 Å². The van der Waals surface area contributed by atoms with Crippen LogP contribution in [0.15, 0.2) is 61.2 Å². The van der Waals surface area contributed by atoms with Crippen molar-refractivity contribution in [3.8, 4) is 0 Å². The lowest BCUT2D eigenvalue weighted by Gasteiger charge is -2.37. The Labute approximate surface area is 281 Å². The maximum atomic E-state index is 13.2. The lowest BCUT2D eigenvalue weighted by Crippen LogP contribution is -2.56. The van der Waals surface area contributed by atoms with Gasteiger partial charge in [-0.2, -0.15) is 0 Å². The summed E-state index contributed by atoms with van der Waals surface area (Å²) in [5, 5.41) is 8.96. The third-order valence-corrected chi connectivity index (χ3v) is 9.32. The number of amides is 7. The van der Waals surface area contributed by atoms with Gasteiger partial charge in [0, 0.05) is 37.9 Å². The highest BCUT2D eigenvalue weighted by Gasteiger charge is 2.54. The molecule has 7 amide bonds. The van der Waals surface area contributed by atoms with Crippen molar-refractivity contribution in [3.63, 3.8) is 0 Å². The van der Waals surface area contributed by atoms with Crippen LogP contribution in [0.2, 0.25) is 0 Å². The number of imide groups is 2. The van der Waals surface area contributed by atoms with Crippen molar-refractivity contribution in [1.29, 1.82) is 0 Å². The van der Waals surface area contributed by atoms with Crippen LogP contribution in [0.3, 0.4) is 0 Å². The van der Waals surface area contributed by atoms with Gasteiger partial charge in [0.2, 0.25) is 0 Å². The summed E-state index contributed by atoms with van der Waals surface area (Å²) in [7, 11) is 0. The molecule has 0 aliphatic carbocycles. The summed E-state index contributed by atoms with van der Waals surface area (Å²) in [6.07, 6.45) is 8.24. The van der Waals surface area contributed by atoms with Crippen molar-refractivity contribution < 1.29 is 28.7 Å². The van der Waals surface area contributed by atoms with Crippen molar-refractivity contribution in [1.82, 2.24) is 39.6 Å². The zero-order chi connectivity index (χ0) is 34.6. The molecule has 49 heavy (non-hydrogen) atoms. The number of rotatable bonds is 2. The molecule has 0 saturated carbocycles. The number of likely N-dealkylation sites (tertiary alicyclic amines) is 1. The Morgan fingerprint density at radius 1 is 0.735 bits per heavy atom. The largest absolute Gasteiger partial charge is 0.444 e. The monoisotopic (exact) mass is 670 g/mol. The average molecular weight is 671 g/mol. The number of fused-ring (bicyclic) bond motifs is 2. The Bertz CT molecular complexity index is 1960. The number of pyridine rings is 2. The molecule has 8 rings (SSSR count). The second kappa shape index (κ2) is 11.9. The number of imidazole rings is 2. The fourth-order valence-corrected chi connectivity index (χ4v) is 6.82. The summed E-state index contributed by atoms with van der Waals surface area (Å²) in [4.78, 5) is 75.8. The molecule has 8 heterocycles. The molecule has 0 unspecified atom stereocenters. The first-order chi connectivity index (χ1) is 23.4. The Kier molecular flexibility index (Phi) is 7.77. The van der Waals surface area contributed by atoms with Crippen LogP contribution >= 0.6 is 0 Å². The van der Waals surface area contributed by atoms with E-state index in [1.54, 1.807) is 68.8 Å². The molecule has 3 N–H and O–H groups in total. The number of nitrogens with zero attached hydrogens (tertiary/aromatic N) is 7. The third kappa shape index (κ3) is 5.60. The average Bonchev–Trinajstić information content (AvgIpc) is 3.84. The molecular formula is C33H38N10O6. The molecule has 4 fully saturated rings. The van der Waals surface area contributed by atoms with Crippen molar-refractivity contribution >= 4 is 52.9 Å². The Morgan fingerprint density at radius 2 is 1.20 bits per heavy atom. The Morgan fingerprint density at radius 3 is 1.67 bits per heavy atom. The molecule has 0 aromatic carbocycles. The summed E-state index contributed by atoms with van der Waals surface area (Å²) in [6.45, 7) is 7.57. The lowest BCUT2D eigenvalue weighted by molar-refractivity contribution is -0.124. The van der Waals surface area contributed by atoms with E-state index >= 15 is 0 Å². The number of piperidine rings is 2. The van der Waals surface area contributed by atoms with E-state index < -0.39 is 28.8 Å². The molecule has 4 saturated heterocycles. The van der Waals surface area contributed by atoms with E-state index in [4.69, 9.17) is 4.74 Å². The SMILES string of the molecule is CC(C)(C)OC(=O)N1CCC2(CC1)NC(=O)N(c1cccc3nccn13)C2=O.O=C1NC2(CCNCC2)C(=O)N1c1cccc2nccn12. The predicted octanol–water partition coefficient (Wildman–Crippen LogP) is 2.67. The van der Waals surface area contributed by atoms with Crippen molar-refractivity contribution in [2.24, 2.45) is 0 Å². The smallest absolute Gasteiger partial charge is 0.410 e. The second-order valence-electron chi connectivity index (χ2n) is 13.6. The van der Waals surface area contributed by atoms with E-state index in [0.29, 0.717) is 61.7 Å². The van der Waals surface area contributed by atoms with Gasteiger partial charge >= 0.3 is 18.2 Å². The molecule has 4 aliphatic heterocycles. The van der Waals surface area contributed by atoms with E-state index in [9.17, 15) is 24.0 Å². The molecule has 2 spiro atoms. The van der Waals surface area contributed by atoms with Gasteiger partial charge in [-0.15, -0.1) is 0 Å². The van der Waals surface area contributed by atoms with Gasteiger partial charge in [0.15, 0.2) is 0 Å². The number of anilines is 2. The fraction of sp³-hybridized carbons (Fsp3) is 0.424. The standard InChI is InChI=1S/C19H23N5O4.C14H15N5O2/c1-18(2,3)28-17(27)22-10-7-19(8-11-22)15(25)24(16(26)21-19)14-6-4-5-13-20-9-12-23(13)14;20-12-14(4-6-15-7-5-14)17-13(21)19(12)11-3-1-2-10-16-8-9-18(10)11/h4-6,9,12H,7-8,10-11H2,1-3H3,(H,21,26);1-3,8-9,15H,4-7H2,(H,17,21). The van der Waals surface area contributed by atoms with Gasteiger partial charge in [0.1, 0.15) is 39.6 Å². The lowest BCUT2D eigenvalue weighted by atomic mass is 9.87. The first kappa shape index (κ1) is 32.1. The summed E-state index contributed by atoms with van der Waals surface area (Å²) >= 11 is 0. The second-order valence-corrected chi connectivity index (χ2v) is 13.6. The summed E-state index contributed by atoms with van der Waals surface area (Å²) in [5.41, 5.74) is -0.981. The van der Waals surface area contributed by atoms with Gasteiger partial charge in [-0.05, 0) is 83.8 Å². The Balaban J connectivity index is 0.000000160. The van der Waals surface area contributed by atoms with Crippen LogP contribution in [0, 0.1) is 0 Å². The molecule has 0 atom stereocenters. The molecule has 4 aromatic heterocycles. The van der Waals surface area contributed by atoms with Crippen LogP contribution in [-0.4, -0.2) is 96.5 Å². The molecule has 16 nitrogen and oxygen atoms in total. The van der Waals surface area contributed by atoms with Gasteiger partial charge in [-0.1, -0.05) is 12.1 Å². The maximum absolute atomic E-state index is 13.2. The number of carbonyl (C=O) groups is 5. The number of ether oxygens (including phenoxy) is 1. The van der Waals surface area contributed by atoms with Crippen LogP contribution in [0.1, 0.15) is 46.5 Å². The van der Waals surface area contributed by atoms with Gasteiger partial charge in [-0.3, -0.25) is 18.4 Å². The zero-order valence-corrected chi connectivity index (χ0v) is 27.5. The summed E-state index contributed by atoms with van der Waals surface area (Å²) < 4.78 is 8.85. The van der Waals surface area contributed by atoms with E-state index in [2.05, 4.69) is 25.9 Å². The topological polar surface area (TPSA) is 175 Å². The van der Waals surface area contributed by atoms with Gasteiger partial charge in [0.05, 0.1) is 0 Å². The Hall–Kier alpha value is -5.51. The number of aromatic nitrogens is 4. The number of carbonyl (C=O) groups excluding carboxylic acids is 5. The minimum absolute atomic E-state index is 0.171. The van der Waals surface area contributed by atoms with Crippen LogP contribution in [0.4, 0.5) is 26.0 Å². The number of urea groups is 2. The molecule has 0 radical (unpaired) electrons. The highest BCUT2D eigenvalue weighted by atomic mass is 16.6. The zero-order valence-electron chi connectivity index (χ0n) is 27.5. The molecule has 16 heteroatoms. The van der Waals surface area contributed by atoms with Crippen molar-refractivity contribution in [2.45, 2.75) is 63.1 Å². The molecular weight excluding hydrogens is 632 g/mol. The van der Waals surface area contributed by atoms with E-state index in [-0.39, 0.29) is 17.8 Å². The van der Waals surface area contributed by atoms with Crippen LogP contribution in [-0.2, 0) is 14.3 Å². The number of hydrogen-bond acceptors (Lipinski definition) is 9. The van der Waals surface area contributed by atoms with Crippen LogP contribution in [0.25, 0.3) is 11.3 Å². The van der Waals surface area contributed by atoms with Gasteiger partial charge in [-0.25, -0.2) is 34.2 Å². The van der Waals surface area contributed by atoms with E-state index in [1.807, 2.05) is 26.8 Å². The number of nitrogens with one attached hydrogen (secondary N) is 3. The van der Waals surface area contributed by atoms with Crippen molar-refractivity contribution in [2.75, 3.05) is 36.0 Å². The quantitative estimate of drug-likeness (QED) is 0.271. The van der Waals surface area contributed by atoms with E-state index in [0.717, 1.165) is 18.0 Å². The first-order valence-electron chi connectivity index (χ1n) is 16.3. The molecule has 4 aromatic rings. The maximum Gasteiger partial charge on any atom is 0.410 e. The molecule has 4 aliphatic rings.